The number of carboxylic acid groups (broad SMARTS) is 1. The Balaban J connectivity index is 2.09. The third-order valence-electron chi connectivity index (χ3n) is 2.85. The van der Waals surface area contributed by atoms with Crippen LogP contribution in [-0.4, -0.2) is 47.4 Å². The maximum Gasteiger partial charge on any atom is 0.334 e. The molecule has 1 aliphatic rings. The third kappa shape index (κ3) is 4.70. The molecule has 0 aliphatic heterocycles. The van der Waals surface area contributed by atoms with E-state index >= 15 is 0 Å². The normalized spacial score (nSPS) is 24.8. The first kappa shape index (κ1) is 13.9. The largest absolute Gasteiger partial charge is 0.479 e. The van der Waals surface area contributed by atoms with Crippen LogP contribution in [0.15, 0.2) is 0 Å². The molecule has 98 valence electrons. The molecule has 1 amide bonds. The highest BCUT2D eigenvalue weighted by Crippen LogP contribution is 2.32. The Kier molecular flexibility index (Phi) is 5.37. The van der Waals surface area contributed by atoms with E-state index in [0.717, 1.165) is 12.8 Å². The average Bonchev–Trinajstić information content (AvgIpc) is 2.22. The second kappa shape index (κ2) is 6.56. The molecule has 0 heterocycles. The van der Waals surface area contributed by atoms with Gasteiger partial charge in [-0.15, -0.1) is 0 Å². The van der Waals surface area contributed by atoms with E-state index in [9.17, 15) is 9.59 Å². The van der Waals surface area contributed by atoms with E-state index in [0.29, 0.717) is 18.9 Å². The van der Waals surface area contributed by atoms with Crippen LogP contribution in [0.5, 0.6) is 0 Å². The van der Waals surface area contributed by atoms with Crippen molar-refractivity contribution in [2.24, 2.45) is 5.92 Å². The molecule has 1 fully saturated rings. The molecule has 1 atom stereocenters. The molecule has 6 nitrogen and oxygen atoms in total. The molecule has 6 heteroatoms. The van der Waals surface area contributed by atoms with Crippen LogP contribution in [0, 0.1) is 5.92 Å². The van der Waals surface area contributed by atoms with Crippen molar-refractivity contribution in [1.29, 1.82) is 0 Å². The van der Waals surface area contributed by atoms with E-state index in [1.165, 1.54) is 0 Å². The Morgan fingerprint density at radius 1 is 1.47 bits per heavy atom. The minimum absolute atomic E-state index is 0.217. The number of amides is 1. The van der Waals surface area contributed by atoms with Gasteiger partial charge in [-0.2, -0.15) is 0 Å². The number of hydrogen-bond donors (Lipinski definition) is 3. The summed E-state index contributed by atoms with van der Waals surface area (Å²) in [5.74, 6) is -1.23. The molecular formula is C11H19NO5. The Bertz CT molecular complexity index is 275. The van der Waals surface area contributed by atoms with Gasteiger partial charge >= 0.3 is 5.97 Å². The van der Waals surface area contributed by atoms with Crippen molar-refractivity contribution in [2.45, 2.75) is 38.4 Å². The lowest BCUT2D eigenvalue weighted by molar-refractivity contribution is -0.146. The lowest BCUT2D eigenvalue weighted by Crippen LogP contribution is -2.39. The second-order valence-corrected chi connectivity index (χ2v) is 4.28. The first-order valence-corrected chi connectivity index (χ1v) is 5.82. The molecule has 1 saturated carbocycles. The summed E-state index contributed by atoms with van der Waals surface area (Å²) in [4.78, 5) is 21.7. The number of aliphatic carboxylic acids is 1. The van der Waals surface area contributed by atoms with E-state index < -0.39 is 12.1 Å². The van der Waals surface area contributed by atoms with E-state index in [2.05, 4.69) is 5.32 Å². The summed E-state index contributed by atoms with van der Waals surface area (Å²) in [6.45, 7) is 2.39. The van der Waals surface area contributed by atoms with Gasteiger partial charge in [0.15, 0.2) is 6.10 Å². The van der Waals surface area contributed by atoms with Gasteiger partial charge < -0.3 is 20.3 Å². The Labute approximate surface area is 100.0 Å². The van der Waals surface area contributed by atoms with Crippen LogP contribution in [0.3, 0.4) is 0 Å². The van der Waals surface area contributed by atoms with Crippen LogP contribution in [0.1, 0.15) is 26.2 Å². The van der Waals surface area contributed by atoms with E-state index in [1.54, 1.807) is 0 Å². The molecule has 0 saturated heterocycles. The van der Waals surface area contributed by atoms with Crippen molar-refractivity contribution in [3.63, 3.8) is 0 Å². The summed E-state index contributed by atoms with van der Waals surface area (Å²) in [7, 11) is 0. The summed E-state index contributed by atoms with van der Waals surface area (Å²) >= 11 is 0. The zero-order chi connectivity index (χ0) is 12.8. The van der Waals surface area contributed by atoms with Gasteiger partial charge in [-0.3, -0.25) is 4.79 Å². The fourth-order valence-electron chi connectivity index (χ4n) is 1.85. The van der Waals surface area contributed by atoms with Crippen molar-refractivity contribution >= 4 is 11.9 Å². The molecule has 1 aliphatic carbocycles. The first-order valence-electron chi connectivity index (χ1n) is 5.82. The molecule has 0 aromatic rings. The van der Waals surface area contributed by atoms with Crippen molar-refractivity contribution in [3.05, 3.63) is 0 Å². The Morgan fingerprint density at radius 3 is 2.65 bits per heavy atom. The standard InChI is InChI=1S/C11H19NO5/c1-2-17-8-3-7(4-8)5-10(14)12-6-9(13)11(15)16/h7-9,13H,2-6H2,1H3,(H,12,14)(H,15,16)/t7?,8?,9-/m0/s1. The average molecular weight is 245 g/mol. The van der Waals surface area contributed by atoms with Crippen molar-refractivity contribution in [3.8, 4) is 0 Å². The van der Waals surface area contributed by atoms with E-state index in [4.69, 9.17) is 14.9 Å². The number of carbonyl (C=O) groups is 2. The number of rotatable bonds is 7. The van der Waals surface area contributed by atoms with E-state index in [1.807, 2.05) is 6.92 Å². The van der Waals surface area contributed by atoms with Crippen molar-refractivity contribution in [2.75, 3.05) is 13.2 Å². The zero-order valence-electron chi connectivity index (χ0n) is 9.89. The fraction of sp³-hybridized carbons (Fsp3) is 0.818. The molecule has 0 spiro atoms. The highest BCUT2D eigenvalue weighted by Gasteiger charge is 2.31. The van der Waals surface area contributed by atoms with Gasteiger partial charge in [0, 0.05) is 13.0 Å². The molecule has 17 heavy (non-hydrogen) atoms. The minimum atomic E-state index is -1.53. The van der Waals surface area contributed by atoms with Crippen LogP contribution >= 0.6 is 0 Å². The molecule has 0 radical (unpaired) electrons. The molecule has 0 unspecified atom stereocenters. The number of aliphatic hydroxyl groups is 1. The summed E-state index contributed by atoms with van der Waals surface area (Å²) in [5.41, 5.74) is 0. The Morgan fingerprint density at radius 2 is 2.12 bits per heavy atom. The zero-order valence-corrected chi connectivity index (χ0v) is 9.89. The van der Waals surface area contributed by atoms with Crippen LogP contribution in [0.25, 0.3) is 0 Å². The van der Waals surface area contributed by atoms with Crippen molar-refractivity contribution < 1.29 is 24.5 Å². The first-order chi connectivity index (χ1) is 8.02. The third-order valence-corrected chi connectivity index (χ3v) is 2.85. The molecule has 0 aromatic heterocycles. The number of aliphatic hydroxyl groups excluding tert-OH is 1. The highest BCUT2D eigenvalue weighted by molar-refractivity contribution is 5.78. The maximum atomic E-state index is 11.4. The molecule has 0 aromatic carbocycles. The van der Waals surface area contributed by atoms with Gasteiger partial charge in [-0.05, 0) is 25.7 Å². The summed E-state index contributed by atoms with van der Waals surface area (Å²) in [5, 5.41) is 19.8. The van der Waals surface area contributed by atoms with Gasteiger partial charge in [0.2, 0.25) is 5.91 Å². The van der Waals surface area contributed by atoms with Crippen LogP contribution in [0.4, 0.5) is 0 Å². The highest BCUT2D eigenvalue weighted by atomic mass is 16.5. The van der Waals surface area contributed by atoms with Gasteiger partial charge in [0.25, 0.3) is 0 Å². The number of ether oxygens (including phenoxy) is 1. The van der Waals surface area contributed by atoms with Crippen LogP contribution in [0.2, 0.25) is 0 Å². The summed E-state index contributed by atoms with van der Waals surface area (Å²) in [6, 6.07) is 0. The molecular weight excluding hydrogens is 226 g/mol. The van der Waals surface area contributed by atoms with Crippen LogP contribution < -0.4 is 5.32 Å². The summed E-state index contributed by atoms with van der Waals surface area (Å²) in [6.07, 6.45) is 0.862. The number of carbonyl (C=O) groups excluding carboxylic acids is 1. The maximum absolute atomic E-state index is 11.4. The lowest BCUT2D eigenvalue weighted by Gasteiger charge is -2.34. The predicted octanol–water partition coefficient (Wildman–Crippen LogP) is -0.247. The topological polar surface area (TPSA) is 95.9 Å². The van der Waals surface area contributed by atoms with Crippen LogP contribution in [-0.2, 0) is 14.3 Å². The Hall–Kier alpha value is -1.14. The van der Waals surface area contributed by atoms with E-state index in [-0.39, 0.29) is 18.6 Å². The van der Waals surface area contributed by atoms with Gasteiger partial charge in [-0.25, -0.2) is 4.79 Å². The van der Waals surface area contributed by atoms with Gasteiger partial charge in [0.05, 0.1) is 12.6 Å². The fourth-order valence-corrected chi connectivity index (χ4v) is 1.85. The lowest BCUT2D eigenvalue weighted by atomic mass is 9.80. The molecule has 0 bridgehead atoms. The summed E-state index contributed by atoms with van der Waals surface area (Å²) < 4.78 is 5.37. The van der Waals surface area contributed by atoms with Crippen molar-refractivity contribution in [1.82, 2.24) is 5.32 Å². The number of hydrogen-bond acceptors (Lipinski definition) is 4. The second-order valence-electron chi connectivity index (χ2n) is 4.28. The number of carboxylic acids is 1. The minimum Gasteiger partial charge on any atom is -0.479 e. The SMILES string of the molecule is CCOC1CC(CC(=O)NC[C@H](O)C(=O)O)C1. The monoisotopic (exact) mass is 245 g/mol. The number of nitrogens with one attached hydrogen (secondary N) is 1. The smallest absolute Gasteiger partial charge is 0.334 e. The van der Waals surface area contributed by atoms with Gasteiger partial charge in [-0.1, -0.05) is 0 Å². The molecule has 3 N–H and O–H groups in total. The van der Waals surface area contributed by atoms with Gasteiger partial charge in [0.1, 0.15) is 0 Å². The predicted molar refractivity (Wildman–Crippen MR) is 59.4 cm³/mol. The molecule has 1 rings (SSSR count). The quantitative estimate of drug-likeness (QED) is 0.575.